The van der Waals surface area contributed by atoms with E-state index in [9.17, 15) is 13.2 Å². The molecule has 2 aromatic carbocycles. The number of benzene rings is 2. The highest BCUT2D eigenvalue weighted by Crippen LogP contribution is 2.19. The quantitative estimate of drug-likeness (QED) is 0.646. The molecule has 4 nitrogen and oxygen atoms in total. The number of rotatable bonds is 3. The lowest BCUT2D eigenvalue weighted by Gasteiger charge is -2.07. The first kappa shape index (κ1) is 15.3. The maximum absolute atomic E-state index is 12.1. The maximum atomic E-state index is 12.1. The van der Waals surface area contributed by atoms with Crippen molar-refractivity contribution in [2.75, 3.05) is 6.26 Å². The molecule has 0 N–H and O–H groups in total. The van der Waals surface area contributed by atoms with E-state index < -0.39 is 15.8 Å². The Morgan fingerprint density at radius 2 is 1.71 bits per heavy atom. The zero-order valence-corrected chi connectivity index (χ0v) is 12.9. The van der Waals surface area contributed by atoms with Crippen molar-refractivity contribution in [3.63, 3.8) is 0 Å². The largest absolute Gasteiger partial charge is 0.423 e. The second kappa shape index (κ2) is 5.69. The predicted octanol–water partition coefficient (Wildman–Crippen LogP) is 2.93. The number of hydrogen-bond donors (Lipinski definition) is 0. The lowest BCUT2D eigenvalue weighted by molar-refractivity contribution is 0.0734. The van der Waals surface area contributed by atoms with Crippen LogP contribution in [0.3, 0.4) is 0 Å². The number of sulfone groups is 1. The second-order valence-corrected chi connectivity index (χ2v) is 6.95. The van der Waals surface area contributed by atoms with E-state index in [-0.39, 0.29) is 10.5 Å². The summed E-state index contributed by atoms with van der Waals surface area (Å²) >= 11 is 0. The summed E-state index contributed by atoms with van der Waals surface area (Å²) in [6.07, 6.45) is 1.10. The highest BCUT2D eigenvalue weighted by molar-refractivity contribution is 7.90. The molecule has 21 heavy (non-hydrogen) atoms. The molecular formula is C16H16O4S. The lowest BCUT2D eigenvalue weighted by atomic mass is 10.1. The van der Waals surface area contributed by atoms with E-state index in [0.29, 0.717) is 5.75 Å². The van der Waals surface area contributed by atoms with E-state index in [2.05, 4.69) is 0 Å². The fraction of sp³-hybridized carbons (Fsp3) is 0.188. The molecule has 0 saturated heterocycles. The zero-order chi connectivity index (χ0) is 15.6. The van der Waals surface area contributed by atoms with Gasteiger partial charge < -0.3 is 4.74 Å². The Kier molecular flexibility index (Phi) is 4.14. The van der Waals surface area contributed by atoms with Crippen molar-refractivity contribution in [1.82, 2.24) is 0 Å². The molecule has 2 aromatic rings. The van der Waals surface area contributed by atoms with Gasteiger partial charge >= 0.3 is 5.97 Å². The minimum absolute atomic E-state index is 0.0945. The second-order valence-electron chi connectivity index (χ2n) is 4.94. The average molecular weight is 304 g/mol. The van der Waals surface area contributed by atoms with E-state index in [1.807, 2.05) is 19.9 Å². The fourth-order valence-corrected chi connectivity index (χ4v) is 2.46. The van der Waals surface area contributed by atoms with Gasteiger partial charge in [0, 0.05) is 6.26 Å². The number of hydrogen-bond acceptors (Lipinski definition) is 4. The number of aryl methyl sites for hydroxylation is 2. The Morgan fingerprint density at radius 3 is 2.33 bits per heavy atom. The van der Waals surface area contributed by atoms with Crippen LogP contribution in [-0.2, 0) is 9.84 Å². The van der Waals surface area contributed by atoms with Crippen LogP contribution < -0.4 is 4.74 Å². The van der Waals surface area contributed by atoms with Gasteiger partial charge in [-0.1, -0.05) is 12.1 Å². The summed E-state index contributed by atoms with van der Waals surface area (Å²) in [6, 6.07) is 11.2. The molecule has 0 radical (unpaired) electrons. The standard InChI is InChI=1S/C16H16O4S/c1-11-7-8-14(9-12(11)2)20-16(17)13-5-4-6-15(10-13)21(3,18)19/h4-10H,1-3H3. The Bertz CT molecular complexity index is 792. The molecule has 0 atom stereocenters. The van der Waals surface area contributed by atoms with Crippen molar-refractivity contribution in [2.24, 2.45) is 0 Å². The van der Waals surface area contributed by atoms with Crippen LogP contribution in [0.25, 0.3) is 0 Å². The van der Waals surface area contributed by atoms with Crippen molar-refractivity contribution >= 4 is 15.8 Å². The third-order valence-electron chi connectivity index (χ3n) is 3.19. The van der Waals surface area contributed by atoms with E-state index in [1.165, 1.54) is 24.3 Å². The summed E-state index contributed by atoms with van der Waals surface area (Å²) in [5.74, 6) is -0.142. The minimum Gasteiger partial charge on any atom is -0.423 e. The van der Waals surface area contributed by atoms with E-state index in [4.69, 9.17) is 4.74 Å². The fourth-order valence-electron chi connectivity index (χ4n) is 1.80. The minimum atomic E-state index is -3.35. The summed E-state index contributed by atoms with van der Waals surface area (Å²) in [5.41, 5.74) is 2.33. The molecule has 0 aliphatic carbocycles. The Hall–Kier alpha value is -2.14. The molecule has 2 rings (SSSR count). The van der Waals surface area contributed by atoms with Crippen LogP contribution in [0.2, 0.25) is 0 Å². The van der Waals surface area contributed by atoms with Crippen LogP contribution in [0.1, 0.15) is 21.5 Å². The van der Waals surface area contributed by atoms with Crippen LogP contribution in [0.5, 0.6) is 5.75 Å². The topological polar surface area (TPSA) is 60.4 Å². The number of carbonyl (C=O) groups is 1. The first-order chi connectivity index (χ1) is 9.77. The highest BCUT2D eigenvalue weighted by atomic mass is 32.2. The van der Waals surface area contributed by atoms with Gasteiger partial charge in [-0.2, -0.15) is 0 Å². The van der Waals surface area contributed by atoms with Gasteiger partial charge in [-0.15, -0.1) is 0 Å². The Labute approximate surface area is 124 Å². The molecule has 0 heterocycles. The van der Waals surface area contributed by atoms with E-state index in [1.54, 1.807) is 12.1 Å². The Morgan fingerprint density at radius 1 is 1.00 bits per heavy atom. The summed E-state index contributed by atoms with van der Waals surface area (Å²) < 4.78 is 28.3. The van der Waals surface area contributed by atoms with Gasteiger partial charge in [-0.05, 0) is 55.3 Å². The number of ether oxygens (including phenoxy) is 1. The summed E-state index contributed by atoms with van der Waals surface area (Å²) in [4.78, 5) is 12.2. The van der Waals surface area contributed by atoms with Gasteiger partial charge in [0.2, 0.25) is 0 Å². The van der Waals surface area contributed by atoms with Crippen molar-refractivity contribution in [1.29, 1.82) is 0 Å². The summed E-state index contributed by atoms with van der Waals surface area (Å²) in [7, 11) is -3.35. The van der Waals surface area contributed by atoms with Crippen LogP contribution >= 0.6 is 0 Å². The van der Waals surface area contributed by atoms with Gasteiger partial charge in [0.25, 0.3) is 0 Å². The molecule has 0 amide bonds. The van der Waals surface area contributed by atoms with Crippen LogP contribution in [-0.4, -0.2) is 20.6 Å². The molecular weight excluding hydrogens is 288 g/mol. The molecule has 0 aliphatic heterocycles. The van der Waals surface area contributed by atoms with Crippen LogP contribution in [0.15, 0.2) is 47.4 Å². The van der Waals surface area contributed by atoms with Gasteiger partial charge in [0.15, 0.2) is 9.84 Å². The predicted molar refractivity (Wildman–Crippen MR) is 80.4 cm³/mol. The van der Waals surface area contributed by atoms with Gasteiger partial charge in [0.1, 0.15) is 5.75 Å². The molecule has 0 saturated carbocycles. The molecule has 0 bridgehead atoms. The van der Waals surface area contributed by atoms with Crippen molar-refractivity contribution in [3.05, 3.63) is 59.2 Å². The van der Waals surface area contributed by atoms with Crippen molar-refractivity contribution < 1.29 is 17.9 Å². The molecule has 0 aromatic heterocycles. The number of esters is 1. The van der Waals surface area contributed by atoms with Gasteiger partial charge in [-0.3, -0.25) is 0 Å². The monoisotopic (exact) mass is 304 g/mol. The first-order valence-electron chi connectivity index (χ1n) is 6.37. The maximum Gasteiger partial charge on any atom is 0.343 e. The lowest BCUT2D eigenvalue weighted by Crippen LogP contribution is -2.10. The van der Waals surface area contributed by atoms with Crippen LogP contribution in [0, 0.1) is 13.8 Å². The normalized spacial score (nSPS) is 11.2. The molecule has 0 spiro atoms. The summed E-state index contributed by atoms with van der Waals surface area (Å²) in [5, 5.41) is 0. The first-order valence-corrected chi connectivity index (χ1v) is 8.26. The zero-order valence-electron chi connectivity index (χ0n) is 12.1. The summed E-state index contributed by atoms with van der Waals surface area (Å²) in [6.45, 7) is 3.90. The Balaban J connectivity index is 2.26. The van der Waals surface area contributed by atoms with Crippen molar-refractivity contribution in [2.45, 2.75) is 18.7 Å². The molecule has 0 fully saturated rings. The van der Waals surface area contributed by atoms with Gasteiger partial charge in [-0.25, -0.2) is 13.2 Å². The van der Waals surface area contributed by atoms with E-state index >= 15 is 0 Å². The smallest absolute Gasteiger partial charge is 0.343 e. The molecule has 110 valence electrons. The van der Waals surface area contributed by atoms with Crippen molar-refractivity contribution in [3.8, 4) is 5.75 Å². The SMILES string of the molecule is Cc1ccc(OC(=O)c2cccc(S(C)(=O)=O)c2)cc1C. The van der Waals surface area contributed by atoms with Crippen LogP contribution in [0.4, 0.5) is 0 Å². The highest BCUT2D eigenvalue weighted by Gasteiger charge is 2.13. The van der Waals surface area contributed by atoms with Gasteiger partial charge in [0.05, 0.1) is 10.5 Å². The molecule has 5 heteroatoms. The third-order valence-corrected chi connectivity index (χ3v) is 4.30. The molecule has 0 unspecified atom stereocenters. The molecule has 0 aliphatic rings. The number of carbonyl (C=O) groups excluding carboxylic acids is 1. The average Bonchev–Trinajstić information content (AvgIpc) is 2.42. The third kappa shape index (κ3) is 3.70. The van der Waals surface area contributed by atoms with E-state index in [0.717, 1.165) is 17.4 Å².